The van der Waals surface area contributed by atoms with Crippen molar-refractivity contribution in [1.29, 1.82) is 0 Å². The van der Waals surface area contributed by atoms with Crippen LogP contribution in [0.1, 0.15) is 36.0 Å². The maximum absolute atomic E-state index is 13.7. The lowest BCUT2D eigenvalue weighted by Crippen LogP contribution is -2.40. The molecule has 0 saturated carbocycles. The van der Waals surface area contributed by atoms with Gasteiger partial charge in [-0.1, -0.05) is 11.6 Å². The molecule has 3 saturated heterocycles. The molecule has 226 valence electrons. The van der Waals surface area contributed by atoms with Crippen LogP contribution in [0.4, 0.5) is 37.6 Å². The molecule has 1 aromatic heterocycles. The van der Waals surface area contributed by atoms with Crippen molar-refractivity contribution in [2.24, 2.45) is 0 Å². The highest BCUT2D eigenvalue weighted by atomic mass is 35.5. The van der Waals surface area contributed by atoms with E-state index >= 15 is 0 Å². The molecule has 0 unspecified atom stereocenters. The lowest BCUT2D eigenvalue weighted by Gasteiger charge is -2.31. The molecule has 3 fully saturated rings. The minimum Gasteiger partial charge on any atom is -0.378 e. The zero-order valence-electron chi connectivity index (χ0n) is 23.5. The first-order chi connectivity index (χ1) is 20.9. The number of morpholine rings is 1. The molecule has 1 atom stereocenters. The van der Waals surface area contributed by atoms with Crippen LogP contribution < -0.4 is 20.4 Å². The zero-order valence-corrected chi connectivity index (χ0v) is 24.2. The van der Waals surface area contributed by atoms with Crippen molar-refractivity contribution in [3.63, 3.8) is 0 Å². The molecule has 6 rings (SSSR count). The molecule has 10 nitrogen and oxygen atoms in total. The summed E-state index contributed by atoms with van der Waals surface area (Å²) in [6.07, 6.45) is 4.64. The number of nitrogens with zero attached hydrogens (tertiary/aromatic N) is 5. The number of aromatic nitrogens is 2. The normalized spacial score (nSPS) is 18.7. The predicted molar refractivity (Wildman–Crippen MR) is 160 cm³/mol. The van der Waals surface area contributed by atoms with E-state index in [4.69, 9.17) is 16.3 Å². The highest BCUT2D eigenvalue weighted by Crippen LogP contribution is 2.33. The molecule has 2 N–H and O–H groups in total. The van der Waals surface area contributed by atoms with E-state index in [9.17, 15) is 18.4 Å². The fourth-order valence-electron chi connectivity index (χ4n) is 5.85. The van der Waals surface area contributed by atoms with Gasteiger partial charge in [0.05, 0.1) is 25.0 Å². The van der Waals surface area contributed by atoms with Crippen LogP contribution in [-0.4, -0.2) is 78.7 Å². The highest BCUT2D eigenvalue weighted by Gasteiger charge is 2.34. The molecule has 13 heteroatoms. The lowest BCUT2D eigenvalue weighted by molar-refractivity contribution is -0.117. The summed E-state index contributed by atoms with van der Waals surface area (Å²) >= 11 is 6.47. The van der Waals surface area contributed by atoms with Crippen molar-refractivity contribution >= 4 is 52.2 Å². The van der Waals surface area contributed by atoms with Crippen LogP contribution in [0.25, 0.3) is 0 Å². The summed E-state index contributed by atoms with van der Waals surface area (Å²) < 4.78 is 32.9. The van der Waals surface area contributed by atoms with Gasteiger partial charge in [0.25, 0.3) is 5.91 Å². The summed E-state index contributed by atoms with van der Waals surface area (Å²) in [5.41, 5.74) is 2.07. The molecule has 4 heterocycles. The molecule has 3 aromatic rings. The third-order valence-corrected chi connectivity index (χ3v) is 8.18. The van der Waals surface area contributed by atoms with Gasteiger partial charge in [-0.3, -0.25) is 9.59 Å². The fraction of sp³-hybridized carbons (Fsp3) is 0.400. The van der Waals surface area contributed by atoms with Gasteiger partial charge >= 0.3 is 0 Å². The van der Waals surface area contributed by atoms with Gasteiger partial charge in [-0.05, 0) is 56.0 Å². The maximum Gasteiger partial charge on any atom is 0.256 e. The van der Waals surface area contributed by atoms with Crippen LogP contribution in [0, 0.1) is 11.6 Å². The van der Waals surface area contributed by atoms with Gasteiger partial charge in [-0.15, -0.1) is 0 Å². The van der Waals surface area contributed by atoms with E-state index in [1.165, 1.54) is 6.20 Å². The van der Waals surface area contributed by atoms with Gasteiger partial charge in [0.15, 0.2) is 5.82 Å². The van der Waals surface area contributed by atoms with E-state index in [2.05, 4.69) is 25.5 Å². The van der Waals surface area contributed by atoms with E-state index in [0.717, 1.165) is 56.2 Å². The highest BCUT2D eigenvalue weighted by molar-refractivity contribution is 6.33. The molecule has 0 bridgehead atoms. The van der Waals surface area contributed by atoms with Gasteiger partial charge in [0.1, 0.15) is 22.7 Å². The van der Waals surface area contributed by atoms with E-state index in [1.54, 1.807) is 11.0 Å². The second kappa shape index (κ2) is 12.7. The zero-order chi connectivity index (χ0) is 29.9. The largest absolute Gasteiger partial charge is 0.378 e. The van der Waals surface area contributed by atoms with Gasteiger partial charge < -0.3 is 30.1 Å². The Hall–Kier alpha value is -4.03. The summed E-state index contributed by atoms with van der Waals surface area (Å²) in [6, 6.07) is 7.92. The van der Waals surface area contributed by atoms with Gasteiger partial charge in [0.2, 0.25) is 11.9 Å². The van der Waals surface area contributed by atoms with Crippen molar-refractivity contribution < 1.29 is 23.1 Å². The molecule has 2 aromatic carbocycles. The number of halogens is 3. The molecule has 3 aliphatic rings. The Kier molecular flexibility index (Phi) is 8.57. The average molecular weight is 612 g/mol. The number of likely N-dealkylation sites (tertiary alicyclic amines) is 1. The predicted octanol–water partition coefficient (Wildman–Crippen LogP) is 4.83. The van der Waals surface area contributed by atoms with Gasteiger partial charge in [-0.2, -0.15) is 4.98 Å². The topological polar surface area (TPSA) is 103 Å². The molecular weight excluding hydrogens is 580 g/mol. The Balaban J connectivity index is 1.22. The van der Waals surface area contributed by atoms with Gasteiger partial charge in [0, 0.05) is 55.9 Å². The SMILES string of the molecule is O=C(Nc1ccc(N2CCOCC2)c(C(=O)N2CCCC2)c1)[C@@H]1CCCN1c1nc(Nc2cc(F)cc(F)c2)ncc1Cl. The standard InChI is InChI=1S/C30H32ClF2N7O3/c31-24-18-34-30(36-22-15-19(32)14-20(33)16-22)37-27(24)40-9-3-4-26(40)28(41)35-21-5-6-25(38-10-12-43-13-11-38)23(17-21)29(42)39-7-1-2-8-39/h5-6,14-18,26H,1-4,7-13H2,(H,35,41)(H,34,36,37)/t26-/m0/s1. The third kappa shape index (κ3) is 6.50. The number of amides is 2. The molecule has 0 spiro atoms. The minimum absolute atomic E-state index is 0.0384. The van der Waals surface area contributed by atoms with E-state index in [1.807, 2.05) is 17.0 Å². The van der Waals surface area contributed by atoms with E-state index in [-0.39, 0.29) is 28.5 Å². The number of hydrogen-bond acceptors (Lipinski definition) is 8. The molecule has 0 aliphatic carbocycles. The molecule has 43 heavy (non-hydrogen) atoms. The van der Waals surface area contributed by atoms with Crippen LogP contribution in [0.5, 0.6) is 0 Å². The molecular formula is C30H32ClF2N7O3. The number of carbonyl (C=O) groups excluding carboxylic acids is 2. The third-order valence-electron chi connectivity index (χ3n) is 7.91. The number of hydrogen-bond donors (Lipinski definition) is 2. The van der Waals surface area contributed by atoms with Crippen molar-refractivity contribution in [1.82, 2.24) is 14.9 Å². The number of benzene rings is 2. The molecule has 2 amide bonds. The first kappa shape index (κ1) is 29.1. The van der Waals surface area contributed by atoms with Crippen molar-refractivity contribution in [2.75, 3.05) is 66.4 Å². The number of carbonyl (C=O) groups is 2. The van der Waals surface area contributed by atoms with E-state index in [0.29, 0.717) is 56.3 Å². The van der Waals surface area contributed by atoms with E-state index < -0.39 is 17.7 Å². The van der Waals surface area contributed by atoms with Crippen molar-refractivity contribution in [3.05, 3.63) is 64.8 Å². The van der Waals surface area contributed by atoms with Gasteiger partial charge in [-0.25, -0.2) is 13.8 Å². The summed E-state index contributed by atoms with van der Waals surface area (Å²) in [5.74, 6) is -1.36. The van der Waals surface area contributed by atoms with Crippen LogP contribution in [-0.2, 0) is 9.53 Å². The Bertz CT molecular complexity index is 1490. The number of rotatable bonds is 7. The second-order valence-electron chi connectivity index (χ2n) is 10.8. The summed E-state index contributed by atoms with van der Waals surface area (Å²) in [6.45, 7) is 4.53. The number of anilines is 5. The minimum atomic E-state index is -0.740. The second-order valence-corrected chi connectivity index (χ2v) is 11.2. The molecule has 0 radical (unpaired) electrons. The van der Waals surface area contributed by atoms with Crippen molar-refractivity contribution in [3.8, 4) is 0 Å². The summed E-state index contributed by atoms with van der Waals surface area (Å²) in [4.78, 5) is 41.6. The fourth-order valence-corrected chi connectivity index (χ4v) is 6.05. The monoisotopic (exact) mass is 611 g/mol. The lowest BCUT2D eigenvalue weighted by atomic mass is 10.1. The van der Waals surface area contributed by atoms with Crippen LogP contribution in [0.3, 0.4) is 0 Å². The summed E-state index contributed by atoms with van der Waals surface area (Å²) in [7, 11) is 0. The first-order valence-corrected chi connectivity index (χ1v) is 14.8. The smallest absolute Gasteiger partial charge is 0.256 e. The maximum atomic E-state index is 13.7. The Labute approximate surface area is 253 Å². The van der Waals surface area contributed by atoms with Crippen LogP contribution in [0.2, 0.25) is 5.02 Å². The first-order valence-electron chi connectivity index (χ1n) is 14.4. The Morgan fingerprint density at radius 1 is 0.930 bits per heavy atom. The average Bonchev–Trinajstić information content (AvgIpc) is 3.71. The van der Waals surface area contributed by atoms with Crippen molar-refractivity contribution in [2.45, 2.75) is 31.7 Å². The quantitative estimate of drug-likeness (QED) is 0.392. The molecule has 3 aliphatic heterocycles. The van der Waals surface area contributed by atoms with Crippen LogP contribution >= 0.6 is 11.6 Å². The number of ether oxygens (including phenoxy) is 1. The summed E-state index contributed by atoms with van der Waals surface area (Å²) in [5, 5.41) is 6.04. The number of nitrogens with one attached hydrogen (secondary N) is 2. The van der Waals surface area contributed by atoms with Crippen LogP contribution in [0.15, 0.2) is 42.6 Å². The Morgan fingerprint density at radius 2 is 1.67 bits per heavy atom. The Morgan fingerprint density at radius 3 is 2.42 bits per heavy atom.